The van der Waals surface area contributed by atoms with E-state index in [-0.39, 0.29) is 0 Å². The highest BCUT2D eigenvalue weighted by atomic mass is 16.5. The highest BCUT2D eigenvalue weighted by Gasteiger charge is 2.20. The Bertz CT molecular complexity index is 399. The van der Waals surface area contributed by atoms with Gasteiger partial charge in [-0.15, -0.1) is 0 Å². The van der Waals surface area contributed by atoms with Crippen LogP contribution in [0.15, 0.2) is 36.4 Å². The summed E-state index contributed by atoms with van der Waals surface area (Å²) < 4.78 is 11.1. The molecular formula is C15H21NO2. The number of hydrogen-bond acceptors (Lipinski definition) is 3. The summed E-state index contributed by atoms with van der Waals surface area (Å²) in [5, 5.41) is 3.42. The molecule has 1 fully saturated rings. The van der Waals surface area contributed by atoms with E-state index < -0.39 is 0 Å². The van der Waals surface area contributed by atoms with Gasteiger partial charge in [0.15, 0.2) is 0 Å². The fourth-order valence-electron chi connectivity index (χ4n) is 1.63. The summed E-state index contributed by atoms with van der Waals surface area (Å²) in [4.78, 5) is 0. The van der Waals surface area contributed by atoms with Crippen molar-refractivity contribution in [3.63, 3.8) is 0 Å². The van der Waals surface area contributed by atoms with Crippen LogP contribution in [0.4, 0.5) is 0 Å². The van der Waals surface area contributed by atoms with Gasteiger partial charge in [-0.1, -0.05) is 12.6 Å². The van der Waals surface area contributed by atoms with Gasteiger partial charge in [0.25, 0.3) is 0 Å². The van der Waals surface area contributed by atoms with Crippen molar-refractivity contribution in [3.05, 3.63) is 36.4 Å². The third-order valence-corrected chi connectivity index (χ3v) is 2.78. The van der Waals surface area contributed by atoms with Crippen LogP contribution < -0.4 is 14.8 Å². The molecule has 0 radical (unpaired) electrons. The summed E-state index contributed by atoms with van der Waals surface area (Å²) in [5.74, 6) is 1.67. The van der Waals surface area contributed by atoms with E-state index in [1.165, 1.54) is 12.8 Å². The first-order valence-electron chi connectivity index (χ1n) is 6.53. The molecule has 1 aliphatic rings. The first-order valence-corrected chi connectivity index (χ1v) is 6.53. The zero-order chi connectivity index (χ0) is 12.8. The van der Waals surface area contributed by atoms with Gasteiger partial charge in [-0.25, -0.2) is 0 Å². The highest BCUT2D eigenvalue weighted by Crippen LogP contribution is 2.20. The van der Waals surface area contributed by atoms with Gasteiger partial charge in [0.2, 0.25) is 0 Å². The summed E-state index contributed by atoms with van der Waals surface area (Å²) in [6, 6.07) is 8.42. The van der Waals surface area contributed by atoms with Gasteiger partial charge in [-0.3, -0.25) is 0 Å². The van der Waals surface area contributed by atoms with Crippen LogP contribution in [0.25, 0.3) is 0 Å². The lowest BCUT2D eigenvalue weighted by atomic mass is 10.3. The Morgan fingerprint density at radius 3 is 2.72 bits per heavy atom. The van der Waals surface area contributed by atoms with Crippen LogP contribution in [-0.4, -0.2) is 25.8 Å². The minimum atomic E-state index is 0.551. The molecule has 0 amide bonds. The zero-order valence-electron chi connectivity index (χ0n) is 10.9. The monoisotopic (exact) mass is 247 g/mol. The van der Waals surface area contributed by atoms with Crippen molar-refractivity contribution in [2.75, 3.05) is 19.8 Å². The van der Waals surface area contributed by atoms with Gasteiger partial charge in [0.1, 0.15) is 18.1 Å². The van der Waals surface area contributed by atoms with Crippen molar-refractivity contribution in [3.8, 4) is 11.5 Å². The van der Waals surface area contributed by atoms with Gasteiger partial charge in [0, 0.05) is 18.7 Å². The third-order valence-electron chi connectivity index (χ3n) is 2.78. The van der Waals surface area contributed by atoms with Crippen molar-refractivity contribution in [2.45, 2.75) is 25.8 Å². The first-order chi connectivity index (χ1) is 8.78. The molecule has 0 aliphatic heterocycles. The van der Waals surface area contributed by atoms with E-state index in [2.05, 4.69) is 11.9 Å². The average molecular weight is 247 g/mol. The lowest BCUT2D eigenvalue weighted by Gasteiger charge is -2.10. The van der Waals surface area contributed by atoms with Gasteiger partial charge >= 0.3 is 0 Å². The largest absolute Gasteiger partial charge is 0.494 e. The van der Waals surface area contributed by atoms with Crippen LogP contribution in [0.2, 0.25) is 0 Å². The maximum absolute atomic E-state index is 5.69. The Labute approximate surface area is 109 Å². The second-order valence-corrected chi connectivity index (χ2v) is 4.60. The molecule has 0 saturated heterocycles. The van der Waals surface area contributed by atoms with Gasteiger partial charge in [-0.05, 0) is 37.5 Å². The van der Waals surface area contributed by atoms with E-state index >= 15 is 0 Å². The molecule has 98 valence electrons. The molecule has 1 N–H and O–H groups in total. The number of hydrogen-bond donors (Lipinski definition) is 1. The Balaban J connectivity index is 1.73. The standard InChI is InChI=1S/C15H21NO2/c1-3-17-14-5-4-6-15(9-14)18-11-12(2)10-16-13-7-8-13/h4-6,9,13,16H,2-3,7-8,10-11H2,1H3. The quantitative estimate of drug-likeness (QED) is 0.717. The maximum Gasteiger partial charge on any atom is 0.123 e. The first kappa shape index (κ1) is 13.0. The molecule has 0 atom stereocenters. The molecule has 18 heavy (non-hydrogen) atoms. The topological polar surface area (TPSA) is 30.5 Å². The summed E-state index contributed by atoms with van der Waals surface area (Å²) in [5.41, 5.74) is 1.07. The van der Waals surface area contributed by atoms with E-state index in [9.17, 15) is 0 Å². The molecule has 1 saturated carbocycles. The van der Waals surface area contributed by atoms with E-state index in [1.54, 1.807) is 0 Å². The van der Waals surface area contributed by atoms with Crippen molar-refractivity contribution >= 4 is 0 Å². The average Bonchev–Trinajstić information content (AvgIpc) is 3.19. The summed E-state index contributed by atoms with van der Waals surface area (Å²) in [6.45, 7) is 8.04. The lowest BCUT2D eigenvalue weighted by molar-refractivity contribution is 0.326. The summed E-state index contributed by atoms with van der Waals surface area (Å²) >= 11 is 0. The molecule has 3 heteroatoms. The normalized spacial score (nSPS) is 14.3. The summed E-state index contributed by atoms with van der Waals surface area (Å²) in [7, 11) is 0. The number of benzene rings is 1. The maximum atomic E-state index is 5.69. The molecular weight excluding hydrogens is 226 g/mol. The molecule has 0 bridgehead atoms. The Kier molecular flexibility index (Phi) is 4.65. The lowest BCUT2D eigenvalue weighted by Crippen LogP contribution is -2.21. The molecule has 1 aromatic carbocycles. The van der Waals surface area contributed by atoms with Crippen molar-refractivity contribution in [1.29, 1.82) is 0 Å². The number of ether oxygens (including phenoxy) is 2. The Morgan fingerprint density at radius 2 is 2.06 bits per heavy atom. The zero-order valence-corrected chi connectivity index (χ0v) is 10.9. The van der Waals surface area contributed by atoms with Crippen LogP contribution >= 0.6 is 0 Å². The SMILES string of the molecule is C=C(CNC1CC1)COc1cccc(OCC)c1. The third kappa shape index (κ3) is 4.41. The minimum Gasteiger partial charge on any atom is -0.494 e. The van der Waals surface area contributed by atoms with Crippen molar-refractivity contribution in [1.82, 2.24) is 5.32 Å². The second-order valence-electron chi connectivity index (χ2n) is 4.60. The Morgan fingerprint density at radius 1 is 1.33 bits per heavy atom. The predicted octanol–water partition coefficient (Wildman–Crippen LogP) is 2.77. The fourth-order valence-corrected chi connectivity index (χ4v) is 1.63. The van der Waals surface area contributed by atoms with Crippen molar-refractivity contribution < 1.29 is 9.47 Å². The van der Waals surface area contributed by atoms with Crippen LogP contribution in [0.1, 0.15) is 19.8 Å². The smallest absolute Gasteiger partial charge is 0.123 e. The van der Waals surface area contributed by atoms with Crippen LogP contribution in [-0.2, 0) is 0 Å². The van der Waals surface area contributed by atoms with Gasteiger partial charge in [0.05, 0.1) is 6.61 Å². The highest BCUT2D eigenvalue weighted by molar-refractivity contribution is 5.33. The molecule has 0 spiro atoms. The molecule has 0 heterocycles. The van der Waals surface area contributed by atoms with E-state index in [4.69, 9.17) is 9.47 Å². The predicted molar refractivity (Wildman–Crippen MR) is 73.3 cm³/mol. The molecule has 0 aromatic heterocycles. The van der Waals surface area contributed by atoms with E-state index in [0.717, 1.165) is 23.6 Å². The molecule has 3 nitrogen and oxygen atoms in total. The van der Waals surface area contributed by atoms with Crippen LogP contribution in [0, 0.1) is 0 Å². The molecule has 1 aromatic rings. The van der Waals surface area contributed by atoms with Gasteiger partial charge in [-0.2, -0.15) is 0 Å². The summed E-state index contributed by atoms with van der Waals surface area (Å²) in [6.07, 6.45) is 2.59. The fraction of sp³-hybridized carbons (Fsp3) is 0.467. The van der Waals surface area contributed by atoms with E-state index in [0.29, 0.717) is 19.3 Å². The number of nitrogens with one attached hydrogen (secondary N) is 1. The van der Waals surface area contributed by atoms with Crippen LogP contribution in [0.3, 0.4) is 0 Å². The minimum absolute atomic E-state index is 0.551. The van der Waals surface area contributed by atoms with Crippen LogP contribution in [0.5, 0.6) is 11.5 Å². The molecule has 2 rings (SSSR count). The van der Waals surface area contributed by atoms with Crippen molar-refractivity contribution in [2.24, 2.45) is 0 Å². The molecule has 0 unspecified atom stereocenters. The second kappa shape index (κ2) is 6.45. The van der Waals surface area contributed by atoms with Gasteiger partial charge < -0.3 is 14.8 Å². The van der Waals surface area contributed by atoms with E-state index in [1.807, 2.05) is 31.2 Å². The molecule has 1 aliphatic carbocycles. The number of rotatable bonds is 8. The Hall–Kier alpha value is -1.48.